The number of non-ortho nitro benzene ring substituents is 2. The van der Waals surface area contributed by atoms with Crippen LogP contribution >= 0.6 is 0 Å². The van der Waals surface area contributed by atoms with E-state index in [9.17, 15) is 39.4 Å². The number of nitro groups is 2. The van der Waals surface area contributed by atoms with Crippen molar-refractivity contribution < 1.29 is 29.0 Å². The van der Waals surface area contributed by atoms with Crippen LogP contribution in [0.3, 0.4) is 0 Å². The standard InChI is InChI=1S/C34H24N4O8/c39-31-25-16-24(17-4-2-1-3-5-17)26-22-14-15-23(27(26)30(25)34(42)35(31)18-6-10-20(11-7-18)37(43)44)29-28(22)32(40)36(33(29)41)19-8-12-21(13-9-19)38(45)46/h1-15,22-23,25,27-30H,16H2/t22-,23-,25-,27-,28-,29+,30+/m1/s1. The zero-order valence-electron chi connectivity index (χ0n) is 24.0. The van der Waals surface area contributed by atoms with Gasteiger partial charge in [-0.2, -0.15) is 0 Å². The molecule has 0 spiro atoms. The fourth-order valence-corrected chi connectivity index (χ4v) is 8.47. The molecule has 0 N–H and O–H groups in total. The van der Waals surface area contributed by atoms with Gasteiger partial charge in [0.1, 0.15) is 0 Å². The molecule has 2 bridgehead atoms. The molecular weight excluding hydrogens is 592 g/mol. The van der Waals surface area contributed by atoms with Crippen LogP contribution < -0.4 is 9.80 Å². The normalized spacial score (nSPS) is 29.3. The second-order valence-electron chi connectivity index (χ2n) is 12.3. The topological polar surface area (TPSA) is 161 Å². The summed E-state index contributed by atoms with van der Waals surface area (Å²) in [6.07, 6.45) is 4.11. The predicted octanol–water partition coefficient (Wildman–Crippen LogP) is 4.70. The van der Waals surface area contributed by atoms with Crippen molar-refractivity contribution in [3.63, 3.8) is 0 Å². The van der Waals surface area contributed by atoms with Crippen LogP contribution in [0.5, 0.6) is 0 Å². The Bertz CT molecular complexity index is 1950. The Labute approximate surface area is 260 Å². The number of allylic oxidation sites excluding steroid dienone is 4. The van der Waals surface area contributed by atoms with Gasteiger partial charge in [-0.15, -0.1) is 0 Å². The SMILES string of the molecule is O=C1[C@@H]2[C@H]3C(=C(c4ccccc4)C[C@H]2C(=O)N1c1ccc([N+](=O)[O-])cc1)[C@H]1C=C[C@H]3[C@@H]2C(=O)N(c3ccc([N+](=O)[O-])cc3)C(=O)[C@@H]21. The first-order valence-electron chi connectivity index (χ1n) is 14.9. The van der Waals surface area contributed by atoms with E-state index in [0.717, 1.165) is 26.5 Å². The summed E-state index contributed by atoms with van der Waals surface area (Å²) in [5, 5.41) is 22.4. The van der Waals surface area contributed by atoms with Crippen LogP contribution in [0.25, 0.3) is 5.57 Å². The van der Waals surface area contributed by atoms with Crippen molar-refractivity contribution in [3.05, 3.63) is 122 Å². The minimum absolute atomic E-state index is 0.168. The third-order valence-electron chi connectivity index (χ3n) is 10.3. The van der Waals surface area contributed by atoms with Gasteiger partial charge in [0, 0.05) is 36.1 Å². The van der Waals surface area contributed by atoms with E-state index in [1.807, 2.05) is 42.5 Å². The highest BCUT2D eigenvalue weighted by Crippen LogP contribution is 2.63. The fraction of sp³-hybridized carbons (Fsp3) is 0.235. The number of nitrogens with zero attached hydrogens (tertiary/aromatic N) is 4. The number of hydrogen-bond donors (Lipinski definition) is 0. The Morgan fingerprint density at radius 3 is 1.67 bits per heavy atom. The van der Waals surface area contributed by atoms with Crippen LogP contribution in [0.15, 0.2) is 96.6 Å². The molecule has 12 heteroatoms. The molecule has 0 radical (unpaired) electrons. The van der Waals surface area contributed by atoms with Gasteiger partial charge < -0.3 is 0 Å². The smallest absolute Gasteiger partial charge is 0.269 e. The molecule has 6 aliphatic rings. The van der Waals surface area contributed by atoms with Gasteiger partial charge in [-0.1, -0.05) is 48.1 Å². The molecule has 3 aromatic carbocycles. The number of carbonyl (C=O) groups is 4. The molecule has 4 amide bonds. The summed E-state index contributed by atoms with van der Waals surface area (Å²) in [7, 11) is 0. The molecule has 0 unspecified atom stereocenters. The summed E-state index contributed by atoms with van der Waals surface area (Å²) in [5.41, 5.74) is 2.78. The van der Waals surface area contributed by atoms with E-state index in [4.69, 9.17) is 0 Å². The highest BCUT2D eigenvalue weighted by atomic mass is 16.6. The van der Waals surface area contributed by atoms with Crippen molar-refractivity contribution in [3.8, 4) is 0 Å². The summed E-state index contributed by atoms with van der Waals surface area (Å²) in [5.74, 6) is -6.26. The lowest BCUT2D eigenvalue weighted by Crippen LogP contribution is -2.51. The van der Waals surface area contributed by atoms with Gasteiger partial charge in [-0.3, -0.25) is 44.3 Å². The first-order valence-corrected chi connectivity index (χ1v) is 14.9. The molecule has 228 valence electrons. The number of imide groups is 2. The number of hydrogen-bond acceptors (Lipinski definition) is 8. The lowest BCUT2D eigenvalue weighted by molar-refractivity contribution is -0.385. The highest BCUT2D eigenvalue weighted by molar-refractivity contribution is 6.24. The summed E-state index contributed by atoms with van der Waals surface area (Å²) < 4.78 is 0. The number of anilines is 2. The van der Waals surface area contributed by atoms with Gasteiger partial charge in [0.05, 0.1) is 44.9 Å². The van der Waals surface area contributed by atoms with Gasteiger partial charge in [-0.25, -0.2) is 4.90 Å². The minimum Gasteiger partial charge on any atom is -0.274 e. The Balaban J connectivity index is 1.24. The van der Waals surface area contributed by atoms with Crippen LogP contribution in [-0.4, -0.2) is 33.5 Å². The van der Waals surface area contributed by atoms with Gasteiger partial charge >= 0.3 is 0 Å². The molecule has 2 heterocycles. The summed E-state index contributed by atoms with van der Waals surface area (Å²) in [4.78, 5) is 80.0. The molecule has 7 atom stereocenters. The number of fused-ring (bicyclic) bond motifs is 1. The van der Waals surface area contributed by atoms with Crippen molar-refractivity contribution in [2.75, 3.05) is 9.80 Å². The quantitative estimate of drug-likeness (QED) is 0.172. The Hall–Kier alpha value is -5.78. The van der Waals surface area contributed by atoms with E-state index in [1.54, 1.807) is 0 Å². The molecule has 0 aromatic heterocycles. The second-order valence-corrected chi connectivity index (χ2v) is 12.3. The maximum Gasteiger partial charge on any atom is 0.269 e. The molecule has 2 aliphatic heterocycles. The minimum atomic E-state index is -0.792. The molecule has 2 saturated heterocycles. The third-order valence-corrected chi connectivity index (χ3v) is 10.3. The number of rotatable bonds is 5. The predicted molar refractivity (Wildman–Crippen MR) is 163 cm³/mol. The monoisotopic (exact) mass is 616 g/mol. The second kappa shape index (κ2) is 9.86. The van der Waals surface area contributed by atoms with Crippen molar-refractivity contribution in [1.82, 2.24) is 0 Å². The Morgan fingerprint density at radius 2 is 1.11 bits per heavy atom. The van der Waals surface area contributed by atoms with Crippen LogP contribution in [0, 0.1) is 61.7 Å². The van der Waals surface area contributed by atoms with Crippen molar-refractivity contribution in [2.24, 2.45) is 41.4 Å². The van der Waals surface area contributed by atoms with Gasteiger partial charge in [0.15, 0.2) is 0 Å². The first-order chi connectivity index (χ1) is 22.2. The summed E-state index contributed by atoms with van der Waals surface area (Å²) in [6, 6.07) is 20.1. The largest absolute Gasteiger partial charge is 0.274 e. The maximum atomic E-state index is 14.3. The van der Waals surface area contributed by atoms with Crippen LogP contribution in [0.2, 0.25) is 0 Å². The summed E-state index contributed by atoms with van der Waals surface area (Å²) in [6.45, 7) is 0. The van der Waals surface area contributed by atoms with Gasteiger partial charge in [0.2, 0.25) is 23.6 Å². The van der Waals surface area contributed by atoms with E-state index in [-0.39, 0.29) is 29.2 Å². The van der Waals surface area contributed by atoms with Crippen molar-refractivity contribution in [2.45, 2.75) is 6.42 Å². The zero-order valence-corrected chi connectivity index (χ0v) is 24.0. The first kappa shape index (κ1) is 27.7. The lowest BCUT2D eigenvalue weighted by Gasteiger charge is -2.51. The van der Waals surface area contributed by atoms with E-state index >= 15 is 0 Å². The average molecular weight is 617 g/mol. The number of amides is 4. The van der Waals surface area contributed by atoms with E-state index in [0.29, 0.717) is 0 Å². The average Bonchev–Trinajstić information content (AvgIpc) is 3.50. The molecular formula is C34H24N4O8. The maximum absolute atomic E-state index is 14.3. The van der Waals surface area contributed by atoms with Crippen LogP contribution in [-0.2, 0) is 19.2 Å². The number of benzene rings is 3. The van der Waals surface area contributed by atoms with Crippen LogP contribution in [0.1, 0.15) is 12.0 Å². The zero-order chi connectivity index (χ0) is 32.0. The van der Waals surface area contributed by atoms with Crippen molar-refractivity contribution in [1.29, 1.82) is 0 Å². The Kier molecular flexibility index (Phi) is 5.95. The lowest BCUT2D eigenvalue weighted by atomic mass is 9.49. The van der Waals surface area contributed by atoms with Gasteiger partial charge in [0.25, 0.3) is 11.4 Å². The molecule has 46 heavy (non-hydrogen) atoms. The van der Waals surface area contributed by atoms with Gasteiger partial charge in [-0.05, 0) is 47.7 Å². The number of carbonyl (C=O) groups excluding carboxylic acids is 4. The fourth-order valence-electron chi connectivity index (χ4n) is 8.47. The third kappa shape index (κ3) is 3.73. The van der Waals surface area contributed by atoms with Crippen LogP contribution in [0.4, 0.5) is 22.7 Å². The van der Waals surface area contributed by atoms with E-state index in [1.165, 1.54) is 48.5 Å². The van der Waals surface area contributed by atoms with E-state index < -0.39 is 74.9 Å². The number of nitro benzene ring substituents is 2. The van der Waals surface area contributed by atoms with E-state index in [2.05, 4.69) is 0 Å². The van der Waals surface area contributed by atoms with Crippen molar-refractivity contribution >= 4 is 52.0 Å². The molecule has 3 fully saturated rings. The Morgan fingerprint density at radius 1 is 0.587 bits per heavy atom. The molecule has 4 aliphatic carbocycles. The molecule has 1 saturated carbocycles. The molecule has 3 aromatic rings. The molecule has 12 nitrogen and oxygen atoms in total. The summed E-state index contributed by atoms with van der Waals surface area (Å²) >= 11 is 0. The highest BCUT2D eigenvalue weighted by Gasteiger charge is 2.67. The molecule has 9 rings (SSSR count).